The molecule has 1 saturated heterocycles. The molecule has 6 heteroatoms. The van der Waals surface area contributed by atoms with Gasteiger partial charge >= 0.3 is 0 Å². The Bertz CT molecular complexity index is 990. The fourth-order valence-electron chi connectivity index (χ4n) is 3.59. The second kappa shape index (κ2) is 7.70. The molecule has 29 heavy (non-hydrogen) atoms. The van der Waals surface area contributed by atoms with Crippen LogP contribution in [-0.2, 0) is 4.79 Å². The van der Waals surface area contributed by atoms with E-state index in [2.05, 4.69) is 36.1 Å². The lowest BCUT2D eigenvalue weighted by Crippen LogP contribution is -2.24. The summed E-state index contributed by atoms with van der Waals surface area (Å²) in [5.74, 6) is 1.54. The largest absolute Gasteiger partial charge is 0.378 e. The summed E-state index contributed by atoms with van der Waals surface area (Å²) in [6.45, 7) is 4.88. The van der Waals surface area contributed by atoms with Crippen molar-refractivity contribution in [1.29, 1.82) is 0 Å². The van der Waals surface area contributed by atoms with E-state index in [-0.39, 0.29) is 11.8 Å². The highest BCUT2D eigenvalue weighted by Gasteiger charge is 2.35. The molecule has 1 aliphatic heterocycles. The summed E-state index contributed by atoms with van der Waals surface area (Å²) in [4.78, 5) is 21.0. The second-order valence-corrected chi connectivity index (χ2v) is 8.05. The van der Waals surface area contributed by atoms with E-state index in [0.29, 0.717) is 30.6 Å². The smallest absolute Gasteiger partial charge is 0.232 e. The zero-order chi connectivity index (χ0) is 20.5. The molecule has 4 rings (SSSR count). The van der Waals surface area contributed by atoms with Gasteiger partial charge in [-0.25, -0.2) is 0 Å². The van der Waals surface area contributed by atoms with E-state index < -0.39 is 0 Å². The van der Waals surface area contributed by atoms with Crippen LogP contribution in [0.2, 0.25) is 0 Å². The zero-order valence-corrected chi connectivity index (χ0v) is 17.3. The van der Waals surface area contributed by atoms with E-state index in [0.717, 1.165) is 16.9 Å². The lowest BCUT2D eigenvalue weighted by atomic mass is 10.0. The second-order valence-electron chi connectivity index (χ2n) is 8.05. The first-order valence-electron chi connectivity index (χ1n) is 9.94. The Balaban J connectivity index is 1.49. The van der Waals surface area contributed by atoms with Crippen LogP contribution in [0.5, 0.6) is 0 Å². The molecular formula is C23H26N4O2. The van der Waals surface area contributed by atoms with Gasteiger partial charge in [-0.05, 0) is 47.9 Å². The molecule has 1 fully saturated rings. The minimum Gasteiger partial charge on any atom is -0.378 e. The van der Waals surface area contributed by atoms with Crippen molar-refractivity contribution in [3.8, 4) is 11.4 Å². The van der Waals surface area contributed by atoms with Crippen LogP contribution in [0.15, 0.2) is 53.1 Å². The van der Waals surface area contributed by atoms with Gasteiger partial charge in [0.25, 0.3) is 0 Å². The third-order valence-corrected chi connectivity index (χ3v) is 5.43. The topological polar surface area (TPSA) is 62.5 Å². The van der Waals surface area contributed by atoms with Crippen molar-refractivity contribution >= 4 is 17.3 Å². The van der Waals surface area contributed by atoms with Gasteiger partial charge in [-0.15, -0.1) is 0 Å². The number of carbonyl (C=O) groups excluding carboxylic acids is 1. The number of hydrogen-bond acceptors (Lipinski definition) is 5. The first-order valence-corrected chi connectivity index (χ1v) is 9.94. The number of aromatic nitrogens is 2. The standard InChI is InChI=1S/C23H26N4O2/c1-15(2)16-5-11-20(12-6-16)27-14-18(13-21(27)28)23-24-22(25-29-23)17-7-9-19(10-8-17)26(3)4/h5-12,15,18H,13-14H2,1-4H3/t18-/m1/s1. The van der Waals surface area contributed by atoms with Gasteiger partial charge in [-0.1, -0.05) is 31.1 Å². The Morgan fingerprint density at radius 3 is 2.38 bits per heavy atom. The molecule has 150 valence electrons. The molecule has 0 unspecified atom stereocenters. The third-order valence-electron chi connectivity index (χ3n) is 5.43. The third kappa shape index (κ3) is 3.88. The maximum atomic E-state index is 12.6. The Morgan fingerprint density at radius 1 is 1.07 bits per heavy atom. The Hall–Kier alpha value is -3.15. The van der Waals surface area contributed by atoms with Gasteiger partial charge in [0.1, 0.15) is 0 Å². The molecule has 0 aliphatic carbocycles. The zero-order valence-electron chi connectivity index (χ0n) is 17.3. The average molecular weight is 390 g/mol. The highest BCUT2D eigenvalue weighted by molar-refractivity contribution is 5.96. The fourth-order valence-corrected chi connectivity index (χ4v) is 3.59. The maximum absolute atomic E-state index is 12.6. The molecule has 3 aromatic rings. The summed E-state index contributed by atoms with van der Waals surface area (Å²) >= 11 is 0. The maximum Gasteiger partial charge on any atom is 0.232 e. The van der Waals surface area contributed by atoms with Crippen molar-refractivity contribution < 1.29 is 9.32 Å². The number of hydrogen-bond donors (Lipinski definition) is 0. The SMILES string of the molecule is CC(C)c1ccc(N2C[C@H](c3nc(-c4ccc(N(C)C)cc4)no3)CC2=O)cc1. The average Bonchev–Trinajstić information content (AvgIpc) is 3.35. The monoisotopic (exact) mass is 390 g/mol. The minimum absolute atomic E-state index is 0.0855. The summed E-state index contributed by atoms with van der Waals surface area (Å²) in [5.41, 5.74) is 4.19. The quantitative estimate of drug-likeness (QED) is 0.644. The Kier molecular flexibility index (Phi) is 5.09. The number of nitrogens with zero attached hydrogens (tertiary/aromatic N) is 4. The lowest BCUT2D eigenvalue weighted by molar-refractivity contribution is -0.117. The van der Waals surface area contributed by atoms with Crippen molar-refractivity contribution in [2.75, 3.05) is 30.4 Å². The number of amides is 1. The van der Waals surface area contributed by atoms with E-state index in [1.165, 1.54) is 5.56 Å². The van der Waals surface area contributed by atoms with Crippen molar-refractivity contribution in [1.82, 2.24) is 10.1 Å². The summed E-state index contributed by atoms with van der Waals surface area (Å²) in [6, 6.07) is 16.2. The van der Waals surface area contributed by atoms with Crippen LogP contribution >= 0.6 is 0 Å². The molecule has 0 bridgehead atoms. The van der Waals surface area contributed by atoms with E-state index in [9.17, 15) is 4.79 Å². The highest BCUT2D eigenvalue weighted by Crippen LogP contribution is 2.32. The lowest BCUT2D eigenvalue weighted by Gasteiger charge is -2.17. The molecule has 6 nitrogen and oxygen atoms in total. The molecular weight excluding hydrogens is 364 g/mol. The van der Waals surface area contributed by atoms with Gasteiger partial charge in [0.05, 0.1) is 5.92 Å². The van der Waals surface area contributed by atoms with Crippen LogP contribution in [0, 0.1) is 0 Å². The predicted octanol–water partition coefficient (Wildman–Crippen LogP) is 4.45. The van der Waals surface area contributed by atoms with E-state index in [1.54, 1.807) is 0 Å². The fraction of sp³-hybridized carbons (Fsp3) is 0.348. The first-order chi connectivity index (χ1) is 13.9. The molecule has 0 spiro atoms. The van der Waals surface area contributed by atoms with Crippen molar-refractivity contribution in [3.63, 3.8) is 0 Å². The summed E-state index contributed by atoms with van der Waals surface area (Å²) in [7, 11) is 4.00. The number of anilines is 2. The highest BCUT2D eigenvalue weighted by atomic mass is 16.5. The predicted molar refractivity (Wildman–Crippen MR) is 114 cm³/mol. The van der Waals surface area contributed by atoms with E-state index in [4.69, 9.17) is 4.52 Å². The first kappa shape index (κ1) is 19.2. The minimum atomic E-state index is -0.0884. The molecule has 0 saturated carbocycles. The summed E-state index contributed by atoms with van der Waals surface area (Å²) < 4.78 is 5.51. The van der Waals surface area contributed by atoms with Gasteiger partial charge in [-0.3, -0.25) is 4.79 Å². The van der Waals surface area contributed by atoms with Gasteiger partial charge < -0.3 is 14.3 Å². The molecule has 0 radical (unpaired) electrons. The van der Waals surface area contributed by atoms with E-state index >= 15 is 0 Å². The van der Waals surface area contributed by atoms with Crippen molar-refractivity contribution in [3.05, 3.63) is 60.0 Å². The van der Waals surface area contributed by atoms with Gasteiger partial charge in [0, 0.05) is 44.0 Å². The summed E-state index contributed by atoms with van der Waals surface area (Å²) in [6.07, 6.45) is 0.382. The number of carbonyl (C=O) groups is 1. The van der Waals surface area contributed by atoms with Gasteiger partial charge in [-0.2, -0.15) is 4.98 Å². The van der Waals surface area contributed by atoms with E-state index in [1.807, 2.05) is 60.3 Å². The van der Waals surface area contributed by atoms with Gasteiger partial charge in [0.15, 0.2) is 0 Å². The molecule has 1 aliphatic rings. The molecule has 2 heterocycles. The molecule has 0 N–H and O–H groups in total. The number of rotatable bonds is 5. The molecule has 2 aromatic carbocycles. The molecule has 1 amide bonds. The van der Waals surface area contributed by atoms with Crippen LogP contribution < -0.4 is 9.80 Å². The number of benzene rings is 2. The van der Waals surface area contributed by atoms with Gasteiger partial charge in [0.2, 0.25) is 17.6 Å². The normalized spacial score (nSPS) is 16.7. The summed E-state index contributed by atoms with van der Waals surface area (Å²) in [5, 5.41) is 4.13. The molecule has 1 aromatic heterocycles. The molecule has 1 atom stereocenters. The van der Waals surface area contributed by atoms with Crippen LogP contribution in [0.3, 0.4) is 0 Å². The van der Waals surface area contributed by atoms with Crippen LogP contribution in [-0.4, -0.2) is 36.7 Å². The van der Waals surface area contributed by atoms with Crippen LogP contribution in [0.1, 0.15) is 43.6 Å². The Labute approximate surface area is 171 Å². The van der Waals surface area contributed by atoms with Crippen molar-refractivity contribution in [2.45, 2.75) is 32.1 Å². The van der Waals surface area contributed by atoms with Crippen LogP contribution in [0.25, 0.3) is 11.4 Å². The van der Waals surface area contributed by atoms with Crippen molar-refractivity contribution in [2.24, 2.45) is 0 Å². The Morgan fingerprint density at radius 2 is 1.76 bits per heavy atom. The van der Waals surface area contributed by atoms with Crippen LogP contribution in [0.4, 0.5) is 11.4 Å².